The van der Waals surface area contributed by atoms with Gasteiger partial charge in [-0.1, -0.05) is 157 Å². The summed E-state index contributed by atoms with van der Waals surface area (Å²) in [4.78, 5) is 70.1. The van der Waals surface area contributed by atoms with Crippen LogP contribution >= 0.6 is 0 Å². The van der Waals surface area contributed by atoms with Crippen molar-refractivity contribution in [3.63, 3.8) is 0 Å². The Balaban J connectivity index is 1.55. The molecule has 9 heteroatoms. The maximum absolute atomic E-state index is 13.9. The van der Waals surface area contributed by atoms with E-state index in [1.165, 1.54) is 25.7 Å². The minimum absolute atomic E-state index is 0.0114. The van der Waals surface area contributed by atoms with Gasteiger partial charge in [-0.3, -0.25) is 19.2 Å². The third kappa shape index (κ3) is 15.5. The van der Waals surface area contributed by atoms with Crippen molar-refractivity contribution in [2.24, 2.45) is 5.41 Å². The third-order valence-corrected chi connectivity index (χ3v) is 9.51. The number of benzene rings is 2. The Labute approximate surface area is 310 Å². The monoisotopic (exact) mass is 717 g/mol. The SMILES string of the molecule is CCCCCCCCCCC[C@](CC=CCCCCCCCC(=O)OCc1ccccc1)(C(=O)OCc1ccccc1)C(=O)ON1C(=O)CCC1=O. The molecule has 1 saturated heterocycles. The predicted octanol–water partition coefficient (Wildman–Crippen LogP) is 9.66. The van der Waals surface area contributed by atoms with E-state index in [0.717, 1.165) is 75.3 Å². The van der Waals surface area contributed by atoms with Crippen LogP contribution in [0.25, 0.3) is 0 Å². The van der Waals surface area contributed by atoms with Gasteiger partial charge in [0.05, 0.1) is 0 Å². The molecule has 0 saturated carbocycles. The quantitative estimate of drug-likeness (QED) is 0.0295. The van der Waals surface area contributed by atoms with Crippen LogP contribution in [0.15, 0.2) is 72.8 Å². The molecule has 0 N–H and O–H groups in total. The van der Waals surface area contributed by atoms with Gasteiger partial charge in [-0.25, -0.2) is 4.79 Å². The van der Waals surface area contributed by atoms with Gasteiger partial charge in [-0.2, -0.15) is 0 Å². The summed E-state index contributed by atoms with van der Waals surface area (Å²) < 4.78 is 11.1. The third-order valence-electron chi connectivity index (χ3n) is 9.51. The van der Waals surface area contributed by atoms with Crippen LogP contribution in [-0.4, -0.2) is 34.8 Å². The molecule has 1 aliphatic heterocycles. The van der Waals surface area contributed by atoms with Crippen molar-refractivity contribution in [2.75, 3.05) is 0 Å². The van der Waals surface area contributed by atoms with Crippen LogP contribution in [0.1, 0.15) is 146 Å². The second kappa shape index (κ2) is 24.8. The molecule has 1 heterocycles. The number of unbranched alkanes of at least 4 members (excludes halogenated alkanes) is 13. The minimum atomic E-state index is -1.70. The van der Waals surface area contributed by atoms with Crippen LogP contribution in [0.4, 0.5) is 0 Å². The minimum Gasteiger partial charge on any atom is -0.461 e. The normalized spacial score (nSPS) is 14.1. The summed E-state index contributed by atoms with van der Waals surface area (Å²) in [5.74, 6) is -3.01. The Morgan fingerprint density at radius 2 is 1.15 bits per heavy atom. The standard InChI is InChI=1S/C43H59NO8/c1-2-3-4-5-6-8-11-14-23-32-43(41(48)51-35-37-27-20-17-21-28-37,42(49)52-44-38(45)30-31-39(44)46)33-24-15-12-9-7-10-13-22-29-40(47)50-34-36-25-18-16-19-26-36/h15-21,24-28H,2-14,22-23,29-35H2,1H3/t43-/m0/s1. The summed E-state index contributed by atoms with van der Waals surface area (Å²) in [6.07, 6.45) is 19.3. The molecule has 2 amide bonds. The van der Waals surface area contributed by atoms with Gasteiger partial charge >= 0.3 is 17.9 Å². The first kappa shape index (κ1) is 42.1. The van der Waals surface area contributed by atoms with Gasteiger partial charge in [-0.15, -0.1) is 5.06 Å². The molecule has 52 heavy (non-hydrogen) atoms. The molecule has 0 aromatic heterocycles. The Bertz CT molecular complexity index is 1380. The van der Waals surface area contributed by atoms with E-state index in [4.69, 9.17) is 14.3 Å². The average molecular weight is 718 g/mol. The molecular weight excluding hydrogens is 658 g/mol. The van der Waals surface area contributed by atoms with Crippen LogP contribution in [0, 0.1) is 5.41 Å². The molecule has 9 nitrogen and oxygen atoms in total. The summed E-state index contributed by atoms with van der Waals surface area (Å²) >= 11 is 0. The second-order valence-corrected chi connectivity index (χ2v) is 13.8. The van der Waals surface area contributed by atoms with Crippen LogP contribution < -0.4 is 0 Å². The molecule has 0 bridgehead atoms. The molecular formula is C43H59NO8. The van der Waals surface area contributed by atoms with Crippen molar-refractivity contribution in [1.82, 2.24) is 5.06 Å². The first-order valence-corrected chi connectivity index (χ1v) is 19.5. The van der Waals surface area contributed by atoms with Gasteiger partial charge in [0.2, 0.25) is 0 Å². The Hall–Kier alpha value is -4.27. The lowest BCUT2D eigenvalue weighted by molar-refractivity contribution is -0.209. The molecule has 0 unspecified atom stereocenters. The fraction of sp³-hybridized carbons (Fsp3) is 0.558. The maximum atomic E-state index is 13.9. The van der Waals surface area contributed by atoms with Crippen molar-refractivity contribution in [1.29, 1.82) is 0 Å². The summed E-state index contributed by atoms with van der Waals surface area (Å²) in [6.45, 7) is 2.48. The van der Waals surface area contributed by atoms with E-state index in [-0.39, 0.29) is 38.3 Å². The number of hydrogen-bond acceptors (Lipinski definition) is 8. The lowest BCUT2D eigenvalue weighted by atomic mass is 9.79. The van der Waals surface area contributed by atoms with Crippen LogP contribution in [-0.2, 0) is 51.5 Å². The molecule has 1 fully saturated rings. The number of nitrogens with zero attached hydrogens (tertiary/aromatic N) is 1. The number of hydrogen-bond donors (Lipinski definition) is 0. The van der Waals surface area contributed by atoms with Crippen molar-refractivity contribution in [3.05, 3.63) is 83.9 Å². The van der Waals surface area contributed by atoms with E-state index < -0.39 is 29.2 Å². The highest BCUT2D eigenvalue weighted by Crippen LogP contribution is 2.35. The number of esters is 2. The van der Waals surface area contributed by atoms with E-state index in [1.54, 1.807) is 0 Å². The van der Waals surface area contributed by atoms with Gasteiger partial charge in [0.15, 0.2) is 5.41 Å². The largest absolute Gasteiger partial charge is 0.461 e. The van der Waals surface area contributed by atoms with Gasteiger partial charge in [0.1, 0.15) is 13.2 Å². The Morgan fingerprint density at radius 3 is 1.75 bits per heavy atom. The summed E-state index contributed by atoms with van der Waals surface area (Å²) in [7, 11) is 0. The highest BCUT2D eigenvalue weighted by Gasteiger charge is 2.50. The first-order valence-electron chi connectivity index (χ1n) is 19.5. The summed E-state index contributed by atoms with van der Waals surface area (Å²) in [5, 5.41) is 0.518. The molecule has 1 atom stereocenters. The zero-order valence-electron chi connectivity index (χ0n) is 31.2. The van der Waals surface area contributed by atoms with Crippen LogP contribution in [0.3, 0.4) is 0 Å². The molecule has 284 valence electrons. The number of hydroxylamine groups is 2. The first-order chi connectivity index (χ1) is 25.4. The van der Waals surface area contributed by atoms with Gasteiger partial charge < -0.3 is 14.3 Å². The molecule has 2 aromatic carbocycles. The van der Waals surface area contributed by atoms with Crippen molar-refractivity contribution >= 4 is 29.7 Å². The topological polar surface area (TPSA) is 116 Å². The number of allylic oxidation sites excluding steroid dienone is 2. The fourth-order valence-corrected chi connectivity index (χ4v) is 6.26. The van der Waals surface area contributed by atoms with Crippen molar-refractivity contribution in [2.45, 2.75) is 149 Å². The molecule has 2 aromatic rings. The van der Waals surface area contributed by atoms with Crippen LogP contribution in [0.5, 0.6) is 0 Å². The molecule has 0 radical (unpaired) electrons. The van der Waals surface area contributed by atoms with Crippen molar-refractivity contribution in [3.8, 4) is 0 Å². The second-order valence-electron chi connectivity index (χ2n) is 13.8. The number of amides is 2. The molecule has 0 spiro atoms. The average Bonchev–Trinajstić information content (AvgIpc) is 3.48. The van der Waals surface area contributed by atoms with Gasteiger partial charge in [0, 0.05) is 19.3 Å². The number of ether oxygens (including phenoxy) is 2. The molecule has 1 aliphatic rings. The van der Waals surface area contributed by atoms with E-state index in [1.807, 2.05) is 72.8 Å². The number of carbonyl (C=O) groups is 5. The lowest BCUT2D eigenvalue weighted by Crippen LogP contribution is -2.45. The summed E-state index contributed by atoms with van der Waals surface area (Å²) in [6, 6.07) is 18.9. The van der Waals surface area contributed by atoms with Gasteiger partial charge in [0.25, 0.3) is 11.8 Å². The summed E-state index contributed by atoms with van der Waals surface area (Å²) in [5.41, 5.74) is 0.0538. The zero-order chi connectivity index (χ0) is 37.3. The highest BCUT2D eigenvalue weighted by molar-refractivity contribution is 6.04. The van der Waals surface area contributed by atoms with Crippen LogP contribution in [0.2, 0.25) is 0 Å². The molecule has 0 aliphatic carbocycles. The predicted molar refractivity (Wildman–Crippen MR) is 200 cm³/mol. The van der Waals surface area contributed by atoms with E-state index >= 15 is 0 Å². The smallest absolute Gasteiger partial charge is 0.350 e. The molecule has 3 rings (SSSR count). The fourth-order valence-electron chi connectivity index (χ4n) is 6.26. The Morgan fingerprint density at radius 1 is 0.635 bits per heavy atom. The van der Waals surface area contributed by atoms with E-state index in [2.05, 4.69) is 6.92 Å². The number of carbonyl (C=O) groups excluding carboxylic acids is 5. The number of rotatable bonds is 27. The van der Waals surface area contributed by atoms with E-state index in [0.29, 0.717) is 24.5 Å². The Kier molecular flexibility index (Phi) is 20.1. The van der Waals surface area contributed by atoms with Crippen molar-refractivity contribution < 1.29 is 38.3 Å². The maximum Gasteiger partial charge on any atom is 0.350 e. The zero-order valence-corrected chi connectivity index (χ0v) is 31.2. The van der Waals surface area contributed by atoms with E-state index in [9.17, 15) is 24.0 Å². The number of imide groups is 1. The van der Waals surface area contributed by atoms with Gasteiger partial charge in [-0.05, 0) is 43.2 Å². The highest BCUT2D eigenvalue weighted by atomic mass is 16.7. The lowest BCUT2D eigenvalue weighted by Gasteiger charge is -2.29.